The highest BCUT2D eigenvalue weighted by Crippen LogP contribution is 2.43. The molecule has 2 aromatic rings. The minimum absolute atomic E-state index is 0.899. The van der Waals surface area contributed by atoms with Crippen LogP contribution in [0, 0.1) is 0 Å². The lowest BCUT2D eigenvalue weighted by Crippen LogP contribution is -2.20. The summed E-state index contributed by atoms with van der Waals surface area (Å²) in [6, 6.07) is 10.2. The van der Waals surface area contributed by atoms with Crippen LogP contribution in [0.4, 0.5) is 22.9 Å². The zero-order valence-corrected chi connectivity index (χ0v) is 8.53. The summed E-state index contributed by atoms with van der Waals surface area (Å²) < 4.78 is 5.48. The summed E-state index contributed by atoms with van der Waals surface area (Å²) in [6.45, 7) is 3.02. The van der Waals surface area contributed by atoms with E-state index in [0.29, 0.717) is 0 Å². The van der Waals surface area contributed by atoms with Gasteiger partial charge < -0.3 is 14.6 Å². The highest BCUT2D eigenvalue weighted by molar-refractivity contribution is 5.89. The average molecular weight is 200 g/mol. The van der Waals surface area contributed by atoms with E-state index in [0.717, 1.165) is 23.8 Å². The molecule has 0 radical (unpaired) electrons. The van der Waals surface area contributed by atoms with Crippen LogP contribution in [0.2, 0.25) is 0 Å². The Bertz CT molecular complexity index is 490. The maximum Gasteiger partial charge on any atom is 0.223 e. The molecule has 0 spiro atoms. The van der Waals surface area contributed by atoms with Gasteiger partial charge in [0, 0.05) is 12.6 Å². The van der Waals surface area contributed by atoms with Gasteiger partial charge in [0.05, 0.1) is 17.6 Å². The zero-order valence-electron chi connectivity index (χ0n) is 8.53. The maximum atomic E-state index is 5.48. The van der Waals surface area contributed by atoms with Gasteiger partial charge >= 0.3 is 0 Å². The van der Waals surface area contributed by atoms with Crippen LogP contribution in [-0.2, 0) is 0 Å². The maximum absolute atomic E-state index is 5.48. The number of para-hydroxylation sites is 2. The second-order valence-corrected chi connectivity index (χ2v) is 3.53. The number of rotatable bonds is 1. The second kappa shape index (κ2) is 3.05. The lowest BCUT2D eigenvalue weighted by atomic mass is 10.2. The summed E-state index contributed by atoms with van der Waals surface area (Å²) in [5.41, 5.74) is 3.34. The quantitative estimate of drug-likeness (QED) is 0.763. The molecule has 0 bridgehead atoms. The van der Waals surface area contributed by atoms with Gasteiger partial charge in [-0.2, -0.15) is 0 Å². The van der Waals surface area contributed by atoms with Gasteiger partial charge in [-0.15, -0.1) is 0 Å². The third-order valence-electron chi connectivity index (χ3n) is 2.67. The van der Waals surface area contributed by atoms with Crippen molar-refractivity contribution in [2.24, 2.45) is 0 Å². The normalized spacial score (nSPS) is 13.0. The second-order valence-electron chi connectivity index (χ2n) is 3.53. The number of nitrogens with one attached hydrogen (secondary N) is 1. The van der Waals surface area contributed by atoms with Crippen LogP contribution in [-0.4, -0.2) is 6.54 Å². The van der Waals surface area contributed by atoms with Crippen LogP contribution in [0.5, 0.6) is 0 Å². The van der Waals surface area contributed by atoms with Gasteiger partial charge in [0.15, 0.2) is 0 Å². The van der Waals surface area contributed by atoms with E-state index in [1.165, 1.54) is 5.69 Å². The minimum Gasteiger partial charge on any atom is -0.446 e. The van der Waals surface area contributed by atoms with Gasteiger partial charge in [-0.25, -0.2) is 0 Å². The summed E-state index contributed by atoms with van der Waals surface area (Å²) in [5, 5.41) is 3.35. The standard InChI is InChI=1S/C12H12N2O/c1-2-14-11-6-4-3-5-9(11)13-10-7-8-15-12(10)14/h3-8,13H,2H2,1H3. The number of anilines is 4. The number of nitrogens with zero attached hydrogens (tertiary/aromatic N) is 1. The molecule has 0 atom stereocenters. The SMILES string of the molecule is CCN1c2ccccc2Nc2ccoc21. The summed E-state index contributed by atoms with van der Waals surface area (Å²) in [6.07, 6.45) is 1.71. The molecule has 0 unspecified atom stereocenters. The van der Waals surface area contributed by atoms with E-state index < -0.39 is 0 Å². The Morgan fingerprint density at radius 1 is 1.20 bits per heavy atom. The number of hydrogen-bond donors (Lipinski definition) is 1. The molecule has 1 aromatic carbocycles. The number of benzene rings is 1. The third kappa shape index (κ3) is 1.13. The summed E-state index contributed by atoms with van der Waals surface area (Å²) in [5.74, 6) is 0.899. The number of hydrogen-bond acceptors (Lipinski definition) is 3. The average Bonchev–Trinajstić information content (AvgIpc) is 2.73. The highest BCUT2D eigenvalue weighted by Gasteiger charge is 2.23. The minimum atomic E-state index is 0.899. The molecule has 0 saturated carbocycles. The molecule has 3 nitrogen and oxygen atoms in total. The van der Waals surface area contributed by atoms with Crippen molar-refractivity contribution in [3.05, 3.63) is 36.6 Å². The van der Waals surface area contributed by atoms with Gasteiger partial charge in [0.25, 0.3) is 0 Å². The predicted molar refractivity (Wildman–Crippen MR) is 61.1 cm³/mol. The van der Waals surface area contributed by atoms with Crippen molar-refractivity contribution in [2.45, 2.75) is 6.92 Å². The Labute approximate surface area is 88.3 Å². The molecule has 1 aromatic heterocycles. The topological polar surface area (TPSA) is 28.4 Å². The van der Waals surface area contributed by atoms with Crippen molar-refractivity contribution in [2.75, 3.05) is 16.8 Å². The zero-order chi connectivity index (χ0) is 10.3. The van der Waals surface area contributed by atoms with Gasteiger partial charge in [-0.3, -0.25) is 0 Å². The first-order valence-corrected chi connectivity index (χ1v) is 5.11. The Balaban J connectivity index is 2.18. The molecule has 0 fully saturated rings. The van der Waals surface area contributed by atoms with E-state index in [1.54, 1.807) is 6.26 Å². The van der Waals surface area contributed by atoms with Crippen LogP contribution < -0.4 is 10.2 Å². The van der Waals surface area contributed by atoms with E-state index in [4.69, 9.17) is 4.42 Å². The Hall–Kier alpha value is -1.90. The van der Waals surface area contributed by atoms with Crippen molar-refractivity contribution >= 4 is 22.9 Å². The molecule has 0 aliphatic carbocycles. The van der Waals surface area contributed by atoms with Crippen molar-refractivity contribution in [1.82, 2.24) is 0 Å². The summed E-state index contributed by atoms with van der Waals surface area (Å²) in [4.78, 5) is 2.17. The van der Waals surface area contributed by atoms with Crippen LogP contribution in [0.25, 0.3) is 0 Å². The van der Waals surface area contributed by atoms with Crippen molar-refractivity contribution in [3.63, 3.8) is 0 Å². The van der Waals surface area contributed by atoms with E-state index >= 15 is 0 Å². The first kappa shape index (κ1) is 8.41. The first-order valence-electron chi connectivity index (χ1n) is 5.11. The molecule has 2 heterocycles. The third-order valence-corrected chi connectivity index (χ3v) is 2.67. The lowest BCUT2D eigenvalue weighted by Gasteiger charge is -2.29. The Kier molecular flexibility index (Phi) is 1.71. The lowest BCUT2D eigenvalue weighted by molar-refractivity contribution is 0.564. The van der Waals surface area contributed by atoms with Crippen molar-refractivity contribution in [1.29, 1.82) is 0 Å². The molecular formula is C12H12N2O. The van der Waals surface area contributed by atoms with E-state index in [2.05, 4.69) is 29.3 Å². The van der Waals surface area contributed by atoms with Crippen LogP contribution >= 0.6 is 0 Å². The van der Waals surface area contributed by atoms with Crippen molar-refractivity contribution < 1.29 is 4.42 Å². The molecule has 1 aliphatic heterocycles. The van der Waals surface area contributed by atoms with Crippen LogP contribution in [0.15, 0.2) is 41.0 Å². The van der Waals surface area contributed by atoms with Gasteiger partial charge in [-0.1, -0.05) is 12.1 Å². The fraction of sp³-hybridized carbons (Fsp3) is 0.167. The van der Waals surface area contributed by atoms with Gasteiger partial charge in [0.2, 0.25) is 5.88 Å². The fourth-order valence-electron chi connectivity index (χ4n) is 1.99. The van der Waals surface area contributed by atoms with E-state index in [9.17, 15) is 0 Å². The molecule has 3 rings (SSSR count). The van der Waals surface area contributed by atoms with E-state index in [1.807, 2.05) is 18.2 Å². The number of fused-ring (bicyclic) bond motifs is 2. The predicted octanol–water partition coefficient (Wildman–Crippen LogP) is 3.49. The Morgan fingerprint density at radius 3 is 2.93 bits per heavy atom. The van der Waals surface area contributed by atoms with Crippen LogP contribution in [0.1, 0.15) is 6.92 Å². The molecule has 0 saturated heterocycles. The molecule has 1 aliphatic rings. The molecule has 3 heteroatoms. The van der Waals surface area contributed by atoms with E-state index in [-0.39, 0.29) is 0 Å². The monoisotopic (exact) mass is 200 g/mol. The highest BCUT2D eigenvalue weighted by atomic mass is 16.3. The summed E-state index contributed by atoms with van der Waals surface area (Å²) >= 11 is 0. The summed E-state index contributed by atoms with van der Waals surface area (Å²) in [7, 11) is 0. The van der Waals surface area contributed by atoms with Crippen molar-refractivity contribution in [3.8, 4) is 0 Å². The Morgan fingerprint density at radius 2 is 2.07 bits per heavy atom. The van der Waals surface area contributed by atoms with Gasteiger partial charge in [0.1, 0.15) is 5.69 Å². The van der Waals surface area contributed by atoms with Gasteiger partial charge in [-0.05, 0) is 19.1 Å². The van der Waals surface area contributed by atoms with Crippen LogP contribution in [0.3, 0.4) is 0 Å². The first-order chi connectivity index (χ1) is 7.40. The smallest absolute Gasteiger partial charge is 0.223 e. The largest absolute Gasteiger partial charge is 0.446 e. The molecular weight excluding hydrogens is 188 g/mol. The molecule has 15 heavy (non-hydrogen) atoms. The molecule has 1 N–H and O–H groups in total. The number of furan rings is 1. The fourth-order valence-corrected chi connectivity index (χ4v) is 1.99. The molecule has 76 valence electrons. The molecule has 0 amide bonds.